The number of hydrogen-bond donors (Lipinski definition) is 2. The summed E-state index contributed by atoms with van der Waals surface area (Å²) < 4.78 is 0. The maximum atomic E-state index is 5.50. The molecule has 0 unspecified atom stereocenters. The minimum Gasteiger partial charge on any atom is -0.308 e. The Morgan fingerprint density at radius 2 is 2.06 bits per heavy atom. The molecule has 0 atom stereocenters. The number of hydrogen-bond acceptors (Lipinski definition) is 6. The Morgan fingerprint density at radius 1 is 1.17 bits per heavy atom. The van der Waals surface area contributed by atoms with Gasteiger partial charge in [0.2, 0.25) is 0 Å². The van der Waals surface area contributed by atoms with Gasteiger partial charge in [-0.25, -0.2) is 20.8 Å². The van der Waals surface area contributed by atoms with Crippen LogP contribution in [0.15, 0.2) is 29.6 Å². The number of hydrazine groups is 1. The van der Waals surface area contributed by atoms with Crippen molar-refractivity contribution in [3.05, 3.63) is 35.3 Å². The van der Waals surface area contributed by atoms with Gasteiger partial charge < -0.3 is 5.43 Å². The average molecular weight is 257 g/mol. The molecule has 3 aromatic rings. The summed E-state index contributed by atoms with van der Waals surface area (Å²) in [7, 11) is 0. The number of aryl methyl sites for hydroxylation is 1. The van der Waals surface area contributed by atoms with Crippen LogP contribution in [-0.4, -0.2) is 15.0 Å². The molecule has 3 aromatic heterocycles. The van der Waals surface area contributed by atoms with E-state index < -0.39 is 0 Å². The number of pyridine rings is 1. The number of rotatable bonds is 2. The predicted octanol–water partition coefficient (Wildman–Crippen LogP) is 2.35. The molecule has 3 heterocycles. The zero-order valence-corrected chi connectivity index (χ0v) is 10.5. The first-order valence-electron chi connectivity index (χ1n) is 5.44. The summed E-state index contributed by atoms with van der Waals surface area (Å²) in [5, 5.41) is 2.90. The molecule has 0 aromatic carbocycles. The molecule has 0 aliphatic rings. The topological polar surface area (TPSA) is 76.7 Å². The highest BCUT2D eigenvalue weighted by molar-refractivity contribution is 7.16. The van der Waals surface area contributed by atoms with E-state index in [-0.39, 0.29) is 0 Å². The highest BCUT2D eigenvalue weighted by Gasteiger charge is 2.10. The lowest BCUT2D eigenvalue weighted by Gasteiger charge is -2.05. The molecule has 90 valence electrons. The second kappa shape index (κ2) is 4.32. The van der Waals surface area contributed by atoms with Crippen molar-refractivity contribution in [2.45, 2.75) is 6.92 Å². The molecular weight excluding hydrogens is 246 g/mol. The highest BCUT2D eigenvalue weighted by atomic mass is 32.1. The number of fused-ring (bicyclic) bond motifs is 1. The van der Waals surface area contributed by atoms with Crippen molar-refractivity contribution in [3.8, 4) is 11.5 Å². The van der Waals surface area contributed by atoms with Crippen molar-refractivity contribution in [2.75, 3.05) is 5.43 Å². The van der Waals surface area contributed by atoms with Gasteiger partial charge in [0.1, 0.15) is 10.5 Å². The molecule has 0 aliphatic carbocycles. The fourth-order valence-electron chi connectivity index (χ4n) is 1.75. The lowest BCUT2D eigenvalue weighted by atomic mass is 10.3. The molecule has 0 fully saturated rings. The van der Waals surface area contributed by atoms with E-state index in [0.717, 1.165) is 21.6 Å². The average Bonchev–Trinajstić information content (AvgIpc) is 2.85. The number of nitrogens with one attached hydrogen (secondary N) is 1. The quantitative estimate of drug-likeness (QED) is 0.544. The van der Waals surface area contributed by atoms with E-state index in [1.165, 1.54) is 0 Å². The maximum Gasteiger partial charge on any atom is 0.181 e. The van der Waals surface area contributed by atoms with E-state index in [2.05, 4.69) is 20.4 Å². The molecule has 0 amide bonds. The predicted molar refractivity (Wildman–Crippen MR) is 73.2 cm³/mol. The van der Waals surface area contributed by atoms with Gasteiger partial charge in [-0.3, -0.25) is 0 Å². The first-order chi connectivity index (χ1) is 8.78. The van der Waals surface area contributed by atoms with E-state index >= 15 is 0 Å². The van der Waals surface area contributed by atoms with E-state index in [0.29, 0.717) is 11.6 Å². The van der Waals surface area contributed by atoms with Gasteiger partial charge in [0.05, 0.1) is 5.39 Å². The number of nitrogens with zero attached hydrogens (tertiary/aromatic N) is 3. The van der Waals surface area contributed by atoms with Crippen LogP contribution >= 0.6 is 11.3 Å². The van der Waals surface area contributed by atoms with Crippen LogP contribution in [-0.2, 0) is 0 Å². The molecule has 6 heteroatoms. The second-order valence-electron chi connectivity index (χ2n) is 3.84. The van der Waals surface area contributed by atoms with Crippen LogP contribution in [0.2, 0.25) is 0 Å². The number of nitrogen functional groups attached to an aromatic ring is 1. The van der Waals surface area contributed by atoms with Gasteiger partial charge in [0, 0.05) is 5.69 Å². The van der Waals surface area contributed by atoms with Gasteiger partial charge in [-0.1, -0.05) is 6.07 Å². The lowest BCUT2D eigenvalue weighted by molar-refractivity contribution is 1.13. The Morgan fingerprint density at radius 3 is 2.83 bits per heavy atom. The van der Waals surface area contributed by atoms with Gasteiger partial charge in [0.15, 0.2) is 11.6 Å². The molecule has 18 heavy (non-hydrogen) atoms. The molecule has 0 aliphatic heterocycles. The summed E-state index contributed by atoms with van der Waals surface area (Å²) in [4.78, 5) is 14.2. The fourth-order valence-corrected chi connectivity index (χ4v) is 2.51. The molecule has 3 rings (SSSR count). The van der Waals surface area contributed by atoms with Crippen LogP contribution < -0.4 is 11.3 Å². The third-order valence-electron chi connectivity index (χ3n) is 2.58. The van der Waals surface area contributed by atoms with Crippen molar-refractivity contribution in [2.24, 2.45) is 5.84 Å². The van der Waals surface area contributed by atoms with Gasteiger partial charge in [-0.05, 0) is 30.5 Å². The van der Waals surface area contributed by atoms with Gasteiger partial charge in [-0.15, -0.1) is 11.3 Å². The normalized spacial score (nSPS) is 10.8. The minimum atomic E-state index is 0.585. The van der Waals surface area contributed by atoms with E-state index in [9.17, 15) is 0 Å². The van der Waals surface area contributed by atoms with Crippen LogP contribution in [0.4, 0.5) is 5.82 Å². The molecule has 0 saturated heterocycles. The Hall–Kier alpha value is -2.05. The van der Waals surface area contributed by atoms with E-state index in [1.807, 2.05) is 36.6 Å². The molecule has 0 bridgehead atoms. The first kappa shape index (κ1) is 11.1. The zero-order chi connectivity index (χ0) is 12.5. The Kier molecular flexibility index (Phi) is 2.66. The van der Waals surface area contributed by atoms with E-state index in [1.54, 1.807) is 11.3 Å². The second-order valence-corrected chi connectivity index (χ2v) is 4.74. The summed E-state index contributed by atoms with van der Waals surface area (Å²) in [5.41, 5.74) is 4.30. The van der Waals surface area contributed by atoms with Crippen LogP contribution in [0, 0.1) is 6.92 Å². The number of thiophene rings is 1. The number of anilines is 1. The Balaban J connectivity index is 2.23. The van der Waals surface area contributed by atoms with Crippen molar-refractivity contribution in [1.29, 1.82) is 0 Å². The van der Waals surface area contributed by atoms with Gasteiger partial charge in [-0.2, -0.15) is 0 Å². The molecule has 0 saturated carbocycles. The minimum absolute atomic E-state index is 0.585. The van der Waals surface area contributed by atoms with Crippen molar-refractivity contribution < 1.29 is 0 Å². The number of aromatic nitrogens is 3. The molecule has 3 N–H and O–H groups in total. The van der Waals surface area contributed by atoms with Gasteiger partial charge in [0.25, 0.3) is 0 Å². The standard InChI is InChI=1S/C12H11N5S/c1-7-3-2-4-9(14-7)11-15-10(17-13)8-5-6-18-12(8)16-11/h2-6H,13H2,1H3,(H,15,16,17). The molecule has 5 nitrogen and oxygen atoms in total. The summed E-state index contributed by atoms with van der Waals surface area (Å²) in [6, 6.07) is 7.72. The number of nitrogens with two attached hydrogens (primary N) is 1. The Labute approximate surface area is 108 Å². The largest absolute Gasteiger partial charge is 0.308 e. The summed E-state index contributed by atoms with van der Waals surface area (Å²) in [6.07, 6.45) is 0. The maximum absolute atomic E-state index is 5.50. The van der Waals surface area contributed by atoms with E-state index in [4.69, 9.17) is 5.84 Å². The summed E-state index contributed by atoms with van der Waals surface area (Å²) >= 11 is 1.56. The monoisotopic (exact) mass is 257 g/mol. The van der Waals surface area contributed by atoms with Crippen LogP contribution in [0.3, 0.4) is 0 Å². The first-order valence-corrected chi connectivity index (χ1v) is 6.32. The summed E-state index contributed by atoms with van der Waals surface area (Å²) in [5.74, 6) is 6.71. The van der Waals surface area contributed by atoms with Crippen molar-refractivity contribution in [3.63, 3.8) is 0 Å². The smallest absolute Gasteiger partial charge is 0.181 e. The zero-order valence-electron chi connectivity index (χ0n) is 9.71. The van der Waals surface area contributed by atoms with Crippen molar-refractivity contribution >= 4 is 27.4 Å². The van der Waals surface area contributed by atoms with Crippen molar-refractivity contribution in [1.82, 2.24) is 15.0 Å². The molecular formula is C12H11N5S. The lowest BCUT2D eigenvalue weighted by Crippen LogP contribution is -2.10. The fraction of sp³-hybridized carbons (Fsp3) is 0.0833. The van der Waals surface area contributed by atoms with Crippen LogP contribution in [0.1, 0.15) is 5.69 Å². The molecule has 0 spiro atoms. The van der Waals surface area contributed by atoms with Crippen LogP contribution in [0.25, 0.3) is 21.7 Å². The summed E-state index contributed by atoms with van der Waals surface area (Å²) in [6.45, 7) is 1.94. The third kappa shape index (κ3) is 1.81. The highest BCUT2D eigenvalue weighted by Crippen LogP contribution is 2.27. The third-order valence-corrected chi connectivity index (χ3v) is 3.39. The molecule has 0 radical (unpaired) electrons. The SMILES string of the molecule is Cc1cccc(-c2nc(NN)c3ccsc3n2)n1. The van der Waals surface area contributed by atoms with Crippen LogP contribution in [0.5, 0.6) is 0 Å². The Bertz CT molecular complexity index is 707. The van der Waals surface area contributed by atoms with Gasteiger partial charge >= 0.3 is 0 Å².